The number of nitrogens with zero attached hydrogens (tertiary/aromatic N) is 2. The lowest BCUT2D eigenvalue weighted by molar-refractivity contribution is -0.00866. The summed E-state index contributed by atoms with van der Waals surface area (Å²) in [5.74, 6) is 1.43. The first-order valence-corrected chi connectivity index (χ1v) is 12.7. The van der Waals surface area contributed by atoms with Gasteiger partial charge in [0.05, 0.1) is 12.7 Å². The van der Waals surface area contributed by atoms with Crippen LogP contribution in [-0.4, -0.2) is 49.1 Å². The maximum Gasteiger partial charge on any atom is 0.255 e. The fraction of sp³-hybridized carbons (Fsp3) is 0.536. The van der Waals surface area contributed by atoms with Crippen LogP contribution in [-0.2, 0) is 11.3 Å². The van der Waals surface area contributed by atoms with E-state index in [9.17, 15) is 4.79 Å². The minimum Gasteiger partial charge on any atom is -0.374 e. The Morgan fingerprint density at radius 1 is 1.03 bits per heavy atom. The summed E-state index contributed by atoms with van der Waals surface area (Å²) in [6.45, 7) is 9.97. The number of fused-ring (bicyclic) bond motifs is 1. The van der Waals surface area contributed by atoms with Crippen LogP contribution in [0.4, 0.5) is 11.4 Å². The molecule has 2 aromatic rings. The maximum absolute atomic E-state index is 12.7. The van der Waals surface area contributed by atoms with Gasteiger partial charge in [0.2, 0.25) is 0 Å². The molecule has 1 saturated carbocycles. The van der Waals surface area contributed by atoms with Crippen LogP contribution in [0.1, 0.15) is 55.5 Å². The largest absolute Gasteiger partial charge is 0.374 e. The second-order valence-corrected chi connectivity index (χ2v) is 10.5. The van der Waals surface area contributed by atoms with Crippen molar-refractivity contribution < 1.29 is 9.53 Å². The van der Waals surface area contributed by atoms with Gasteiger partial charge in [-0.3, -0.25) is 4.79 Å². The number of hydrogen-bond acceptors (Lipinski definition) is 4. The molecule has 0 unspecified atom stereocenters. The lowest BCUT2D eigenvalue weighted by atomic mass is 9.96. The Morgan fingerprint density at radius 3 is 2.45 bits per heavy atom. The first-order chi connectivity index (χ1) is 16.0. The Bertz CT molecular complexity index is 937. The van der Waals surface area contributed by atoms with E-state index >= 15 is 0 Å². The highest BCUT2D eigenvalue weighted by atomic mass is 16.5. The van der Waals surface area contributed by atoms with Gasteiger partial charge in [0.1, 0.15) is 0 Å². The number of nitrogens with one attached hydrogen (secondary N) is 1. The van der Waals surface area contributed by atoms with E-state index in [-0.39, 0.29) is 5.91 Å². The number of benzene rings is 2. The van der Waals surface area contributed by atoms with Crippen LogP contribution < -0.4 is 10.2 Å². The minimum absolute atomic E-state index is 0.0735. The van der Waals surface area contributed by atoms with Crippen LogP contribution in [0.3, 0.4) is 0 Å². The highest BCUT2D eigenvalue weighted by Crippen LogP contribution is 2.35. The predicted octanol–water partition coefficient (Wildman–Crippen LogP) is 5.17. The molecule has 3 aliphatic rings. The molecule has 0 aromatic heterocycles. The smallest absolute Gasteiger partial charge is 0.255 e. The molecule has 0 bridgehead atoms. The van der Waals surface area contributed by atoms with Crippen molar-refractivity contribution >= 4 is 17.3 Å². The first kappa shape index (κ1) is 22.4. The zero-order valence-electron chi connectivity index (χ0n) is 20.0. The maximum atomic E-state index is 12.7. The van der Waals surface area contributed by atoms with E-state index in [2.05, 4.69) is 41.1 Å². The SMILES string of the molecule is CC(C)CN1C[C@H]2CCN(c3ccc(NC(=O)c4ccc(COC5CCC5)cc4)cc3)[C@H]2C1. The third-order valence-corrected chi connectivity index (χ3v) is 7.46. The molecule has 0 spiro atoms. The number of anilines is 2. The van der Waals surface area contributed by atoms with Crippen molar-refractivity contribution in [2.75, 3.05) is 36.4 Å². The van der Waals surface area contributed by atoms with Crippen molar-refractivity contribution in [3.05, 3.63) is 59.7 Å². The van der Waals surface area contributed by atoms with E-state index in [4.69, 9.17) is 4.74 Å². The van der Waals surface area contributed by atoms with E-state index in [1.54, 1.807) is 0 Å². The van der Waals surface area contributed by atoms with Gasteiger partial charge in [0.15, 0.2) is 0 Å². The Labute approximate surface area is 198 Å². The molecular formula is C28H37N3O2. The van der Waals surface area contributed by atoms with E-state index in [0.717, 1.165) is 29.6 Å². The monoisotopic (exact) mass is 447 g/mol. The standard InChI is InChI=1S/C28H37N3O2/c1-20(2)16-30-17-23-14-15-31(27(23)18-30)25-12-10-24(11-13-25)29-28(32)22-8-6-21(7-9-22)19-33-26-4-3-5-26/h6-13,20,23,26-27H,3-5,14-19H2,1-2H3,(H,29,32)/t23-,27+/m1/s1. The molecule has 2 saturated heterocycles. The van der Waals surface area contributed by atoms with Crippen molar-refractivity contribution in [3.63, 3.8) is 0 Å². The summed E-state index contributed by atoms with van der Waals surface area (Å²) in [4.78, 5) is 17.9. The number of rotatable bonds is 8. The summed E-state index contributed by atoms with van der Waals surface area (Å²) in [6, 6.07) is 16.7. The highest BCUT2D eigenvalue weighted by Gasteiger charge is 2.41. The molecule has 5 nitrogen and oxygen atoms in total. The van der Waals surface area contributed by atoms with E-state index in [1.165, 1.54) is 51.0 Å². The molecule has 2 heterocycles. The Morgan fingerprint density at radius 2 is 1.79 bits per heavy atom. The number of hydrogen-bond donors (Lipinski definition) is 1. The normalized spacial score (nSPS) is 23.1. The van der Waals surface area contributed by atoms with Crippen LogP contribution in [0.2, 0.25) is 0 Å². The van der Waals surface area contributed by atoms with Gasteiger partial charge in [-0.25, -0.2) is 0 Å². The summed E-state index contributed by atoms with van der Waals surface area (Å²) in [5, 5.41) is 3.04. The summed E-state index contributed by atoms with van der Waals surface area (Å²) >= 11 is 0. The quantitative estimate of drug-likeness (QED) is 0.606. The molecule has 0 radical (unpaired) electrons. The van der Waals surface area contributed by atoms with Gasteiger partial charge in [0.25, 0.3) is 5.91 Å². The third kappa shape index (κ3) is 5.25. The van der Waals surface area contributed by atoms with Crippen LogP contribution in [0.15, 0.2) is 48.5 Å². The number of carbonyl (C=O) groups excluding carboxylic acids is 1. The van der Waals surface area contributed by atoms with Gasteiger partial charge >= 0.3 is 0 Å². The van der Waals surface area contributed by atoms with Crippen LogP contribution >= 0.6 is 0 Å². The fourth-order valence-electron chi connectivity index (χ4n) is 5.48. The van der Waals surface area contributed by atoms with Crippen LogP contribution in [0, 0.1) is 11.8 Å². The summed E-state index contributed by atoms with van der Waals surface area (Å²) in [6.07, 6.45) is 5.33. The van der Waals surface area contributed by atoms with Crippen molar-refractivity contribution in [2.45, 2.75) is 58.3 Å². The molecule has 33 heavy (non-hydrogen) atoms. The molecule has 2 aliphatic heterocycles. The highest BCUT2D eigenvalue weighted by molar-refractivity contribution is 6.04. The summed E-state index contributed by atoms with van der Waals surface area (Å²) in [5.41, 5.74) is 3.89. The Balaban J connectivity index is 1.15. The molecular weight excluding hydrogens is 410 g/mol. The second-order valence-electron chi connectivity index (χ2n) is 10.5. The third-order valence-electron chi connectivity index (χ3n) is 7.46. The molecule has 3 fully saturated rings. The summed E-state index contributed by atoms with van der Waals surface area (Å²) in [7, 11) is 0. The molecule has 5 rings (SSSR count). The number of ether oxygens (including phenoxy) is 1. The van der Waals surface area contributed by atoms with Crippen molar-refractivity contribution in [3.8, 4) is 0 Å². The zero-order valence-corrected chi connectivity index (χ0v) is 20.0. The molecule has 1 aliphatic carbocycles. The molecule has 1 amide bonds. The first-order valence-electron chi connectivity index (χ1n) is 12.7. The lowest BCUT2D eigenvalue weighted by Gasteiger charge is -2.27. The second kappa shape index (κ2) is 9.86. The van der Waals surface area contributed by atoms with E-state index in [1.807, 2.05) is 36.4 Å². The van der Waals surface area contributed by atoms with Gasteiger partial charge in [-0.2, -0.15) is 0 Å². The number of amides is 1. The van der Waals surface area contributed by atoms with Crippen molar-refractivity contribution in [2.24, 2.45) is 11.8 Å². The molecule has 2 aromatic carbocycles. The summed E-state index contributed by atoms with van der Waals surface area (Å²) < 4.78 is 5.85. The van der Waals surface area contributed by atoms with Gasteiger partial charge < -0.3 is 19.9 Å². The number of likely N-dealkylation sites (tertiary alicyclic amines) is 1. The van der Waals surface area contributed by atoms with Crippen molar-refractivity contribution in [1.82, 2.24) is 4.90 Å². The zero-order chi connectivity index (χ0) is 22.8. The van der Waals surface area contributed by atoms with Gasteiger partial charge in [0, 0.05) is 49.2 Å². The van der Waals surface area contributed by atoms with Gasteiger partial charge in [-0.15, -0.1) is 0 Å². The van der Waals surface area contributed by atoms with Gasteiger partial charge in [-0.1, -0.05) is 26.0 Å². The van der Waals surface area contributed by atoms with E-state index in [0.29, 0.717) is 24.3 Å². The van der Waals surface area contributed by atoms with Crippen LogP contribution in [0.25, 0.3) is 0 Å². The van der Waals surface area contributed by atoms with Gasteiger partial charge in [-0.05, 0) is 79.5 Å². The molecule has 1 N–H and O–H groups in total. The average molecular weight is 448 g/mol. The lowest BCUT2D eigenvalue weighted by Crippen LogP contribution is -2.36. The topological polar surface area (TPSA) is 44.8 Å². The van der Waals surface area contributed by atoms with E-state index < -0.39 is 0 Å². The molecule has 2 atom stereocenters. The van der Waals surface area contributed by atoms with Crippen LogP contribution in [0.5, 0.6) is 0 Å². The molecule has 176 valence electrons. The Kier molecular flexibility index (Phi) is 6.70. The predicted molar refractivity (Wildman–Crippen MR) is 134 cm³/mol. The molecule has 5 heteroatoms. The Hall–Kier alpha value is -2.37. The minimum atomic E-state index is -0.0735. The van der Waals surface area contributed by atoms with Crippen molar-refractivity contribution in [1.29, 1.82) is 0 Å². The fourth-order valence-corrected chi connectivity index (χ4v) is 5.48. The average Bonchev–Trinajstić information content (AvgIpc) is 3.33. The number of carbonyl (C=O) groups is 1.